The average molecular weight is 241 g/mol. The van der Waals surface area contributed by atoms with Gasteiger partial charge >= 0.3 is 5.97 Å². The van der Waals surface area contributed by atoms with E-state index in [1.54, 1.807) is 0 Å². The predicted octanol–water partition coefficient (Wildman–Crippen LogP) is 1.98. The molecule has 17 heavy (non-hydrogen) atoms. The van der Waals surface area contributed by atoms with Crippen molar-refractivity contribution < 1.29 is 14.3 Å². The van der Waals surface area contributed by atoms with Crippen LogP contribution < -0.4 is 0 Å². The molecular formula is C13H23NO3. The van der Waals surface area contributed by atoms with Gasteiger partial charge in [0.1, 0.15) is 0 Å². The van der Waals surface area contributed by atoms with Crippen LogP contribution in [0, 0.1) is 5.92 Å². The normalized spacial score (nSPS) is 22.9. The highest BCUT2D eigenvalue weighted by molar-refractivity contribution is 5.88. The summed E-state index contributed by atoms with van der Waals surface area (Å²) in [6.45, 7) is 6.78. The molecule has 0 radical (unpaired) electrons. The first kappa shape index (κ1) is 14.0. The largest absolute Gasteiger partial charge is 0.469 e. The summed E-state index contributed by atoms with van der Waals surface area (Å²) in [4.78, 5) is 25.4. The molecule has 0 aromatic carbocycles. The van der Waals surface area contributed by atoms with Crippen molar-refractivity contribution in [2.75, 3.05) is 13.7 Å². The third kappa shape index (κ3) is 2.79. The Kier molecular flexibility index (Phi) is 4.54. The number of hydrogen-bond donors (Lipinski definition) is 0. The third-order valence-electron chi connectivity index (χ3n) is 3.70. The third-order valence-corrected chi connectivity index (χ3v) is 3.70. The van der Waals surface area contributed by atoms with Crippen molar-refractivity contribution in [3.05, 3.63) is 0 Å². The lowest BCUT2D eigenvalue weighted by Gasteiger charge is -2.34. The number of likely N-dealkylation sites (tertiary alicyclic amines) is 1. The average Bonchev–Trinajstić information content (AvgIpc) is 2.51. The Morgan fingerprint density at radius 1 is 1.47 bits per heavy atom. The smallest absolute Gasteiger partial charge is 0.311 e. The number of nitrogens with zero attached hydrogens (tertiary/aromatic N) is 1. The van der Waals surface area contributed by atoms with Crippen molar-refractivity contribution >= 4 is 11.9 Å². The number of carbonyl (C=O) groups excluding carboxylic acids is 2. The van der Waals surface area contributed by atoms with Gasteiger partial charge in [0.05, 0.1) is 18.6 Å². The molecule has 0 saturated carbocycles. The van der Waals surface area contributed by atoms with Crippen molar-refractivity contribution in [1.29, 1.82) is 0 Å². The number of unbranched alkanes of at least 4 members (excludes halogenated alkanes) is 2. The molecule has 1 saturated heterocycles. The van der Waals surface area contributed by atoms with Crippen molar-refractivity contribution in [2.45, 2.75) is 52.0 Å². The monoisotopic (exact) mass is 241 g/mol. The minimum Gasteiger partial charge on any atom is -0.469 e. The molecule has 1 rings (SSSR count). The number of amides is 1. The van der Waals surface area contributed by atoms with E-state index < -0.39 is 5.54 Å². The quantitative estimate of drug-likeness (QED) is 0.546. The molecule has 0 spiro atoms. The van der Waals surface area contributed by atoms with E-state index in [9.17, 15) is 9.59 Å². The van der Waals surface area contributed by atoms with E-state index in [1.165, 1.54) is 7.11 Å². The highest BCUT2D eigenvalue weighted by Gasteiger charge is 2.49. The van der Waals surface area contributed by atoms with E-state index in [2.05, 4.69) is 6.92 Å². The molecule has 0 aliphatic carbocycles. The lowest BCUT2D eigenvalue weighted by atomic mass is 9.88. The van der Waals surface area contributed by atoms with E-state index in [1.807, 2.05) is 18.7 Å². The molecule has 4 nitrogen and oxygen atoms in total. The van der Waals surface area contributed by atoms with E-state index in [0.717, 1.165) is 25.8 Å². The summed E-state index contributed by atoms with van der Waals surface area (Å²) in [6.07, 6.45) is 3.52. The molecule has 0 bridgehead atoms. The molecule has 1 unspecified atom stereocenters. The van der Waals surface area contributed by atoms with Gasteiger partial charge in [-0.2, -0.15) is 0 Å². The Labute approximate surface area is 103 Å². The molecule has 98 valence electrons. The summed E-state index contributed by atoms with van der Waals surface area (Å²) in [5.41, 5.74) is -0.419. The number of rotatable bonds is 5. The van der Waals surface area contributed by atoms with Gasteiger partial charge in [0.25, 0.3) is 0 Å². The number of ether oxygens (including phenoxy) is 1. The highest BCUT2D eigenvalue weighted by atomic mass is 16.5. The Bertz CT molecular complexity index is 299. The summed E-state index contributed by atoms with van der Waals surface area (Å²) in [6, 6.07) is 0. The first-order valence-corrected chi connectivity index (χ1v) is 6.33. The Hall–Kier alpha value is -1.06. The number of methoxy groups -OCH3 is 1. The molecule has 4 heteroatoms. The minimum absolute atomic E-state index is 0.0708. The van der Waals surface area contributed by atoms with Crippen molar-refractivity contribution in [2.24, 2.45) is 5.92 Å². The summed E-state index contributed by atoms with van der Waals surface area (Å²) >= 11 is 0. The zero-order valence-corrected chi connectivity index (χ0v) is 11.3. The summed E-state index contributed by atoms with van der Waals surface area (Å²) < 4.78 is 4.77. The molecule has 0 aromatic rings. The van der Waals surface area contributed by atoms with Gasteiger partial charge in [0.2, 0.25) is 5.91 Å². The Morgan fingerprint density at radius 3 is 2.65 bits per heavy atom. The minimum atomic E-state index is -0.419. The summed E-state index contributed by atoms with van der Waals surface area (Å²) in [5, 5.41) is 0. The molecule has 0 N–H and O–H groups in total. The number of carbonyl (C=O) groups is 2. The Balaban J connectivity index is 2.72. The molecule has 1 atom stereocenters. The maximum Gasteiger partial charge on any atom is 0.311 e. The molecule has 0 aromatic heterocycles. The van der Waals surface area contributed by atoms with Gasteiger partial charge in [-0.05, 0) is 20.3 Å². The van der Waals surface area contributed by atoms with Gasteiger partial charge in [-0.25, -0.2) is 0 Å². The van der Waals surface area contributed by atoms with Crippen LogP contribution in [-0.2, 0) is 14.3 Å². The van der Waals surface area contributed by atoms with Crippen LogP contribution in [-0.4, -0.2) is 36.0 Å². The first-order chi connectivity index (χ1) is 7.95. The standard InChI is InChI=1S/C13H23NO3/c1-5-6-7-8-14-11(15)9-10(12(16)17-4)13(14,2)3/h10H,5-9H2,1-4H3. The Morgan fingerprint density at radius 2 is 2.12 bits per heavy atom. The zero-order valence-electron chi connectivity index (χ0n) is 11.3. The van der Waals surface area contributed by atoms with Gasteiger partial charge < -0.3 is 9.64 Å². The molecule has 1 aliphatic heterocycles. The maximum atomic E-state index is 11.9. The maximum absolute atomic E-state index is 11.9. The van der Waals surface area contributed by atoms with Crippen LogP contribution in [0.25, 0.3) is 0 Å². The van der Waals surface area contributed by atoms with Crippen LogP contribution >= 0.6 is 0 Å². The van der Waals surface area contributed by atoms with Crippen LogP contribution in [0.1, 0.15) is 46.5 Å². The summed E-state index contributed by atoms with van der Waals surface area (Å²) in [7, 11) is 1.38. The van der Waals surface area contributed by atoms with Crippen molar-refractivity contribution in [3.8, 4) is 0 Å². The van der Waals surface area contributed by atoms with Crippen molar-refractivity contribution in [1.82, 2.24) is 4.90 Å². The van der Waals surface area contributed by atoms with Crippen LogP contribution in [0.3, 0.4) is 0 Å². The SMILES string of the molecule is CCCCCN1C(=O)CC(C(=O)OC)C1(C)C. The van der Waals surface area contributed by atoms with E-state index in [-0.39, 0.29) is 24.2 Å². The topological polar surface area (TPSA) is 46.6 Å². The number of esters is 1. The van der Waals surface area contributed by atoms with Gasteiger partial charge in [-0.3, -0.25) is 9.59 Å². The van der Waals surface area contributed by atoms with Crippen molar-refractivity contribution in [3.63, 3.8) is 0 Å². The molecule has 1 heterocycles. The predicted molar refractivity (Wildman–Crippen MR) is 65.4 cm³/mol. The first-order valence-electron chi connectivity index (χ1n) is 6.33. The highest BCUT2D eigenvalue weighted by Crippen LogP contribution is 2.36. The molecule has 1 fully saturated rings. The van der Waals surface area contributed by atoms with E-state index in [4.69, 9.17) is 4.74 Å². The van der Waals surface area contributed by atoms with Crippen LogP contribution in [0.15, 0.2) is 0 Å². The van der Waals surface area contributed by atoms with Crippen LogP contribution in [0.5, 0.6) is 0 Å². The van der Waals surface area contributed by atoms with Gasteiger partial charge in [0, 0.05) is 13.0 Å². The van der Waals surface area contributed by atoms with E-state index in [0.29, 0.717) is 0 Å². The lowest BCUT2D eigenvalue weighted by molar-refractivity contribution is -0.148. The van der Waals surface area contributed by atoms with Crippen LogP contribution in [0.2, 0.25) is 0 Å². The van der Waals surface area contributed by atoms with Crippen LogP contribution in [0.4, 0.5) is 0 Å². The fourth-order valence-electron chi connectivity index (χ4n) is 2.49. The molecular weight excluding hydrogens is 218 g/mol. The lowest BCUT2D eigenvalue weighted by Crippen LogP contribution is -2.46. The van der Waals surface area contributed by atoms with Gasteiger partial charge in [0.15, 0.2) is 0 Å². The second-order valence-corrected chi connectivity index (χ2v) is 5.19. The second kappa shape index (κ2) is 5.52. The molecule has 1 aliphatic rings. The van der Waals surface area contributed by atoms with Gasteiger partial charge in [-0.15, -0.1) is 0 Å². The summed E-state index contributed by atoms with van der Waals surface area (Å²) in [5.74, 6) is -0.538. The van der Waals surface area contributed by atoms with E-state index >= 15 is 0 Å². The second-order valence-electron chi connectivity index (χ2n) is 5.19. The number of hydrogen-bond acceptors (Lipinski definition) is 3. The fraction of sp³-hybridized carbons (Fsp3) is 0.846. The van der Waals surface area contributed by atoms with Gasteiger partial charge in [-0.1, -0.05) is 19.8 Å². The fourth-order valence-corrected chi connectivity index (χ4v) is 2.49. The zero-order chi connectivity index (χ0) is 13.1. The molecule has 1 amide bonds.